The van der Waals surface area contributed by atoms with Gasteiger partial charge in [0.05, 0.1) is 18.8 Å². The van der Waals surface area contributed by atoms with Gasteiger partial charge in [-0.3, -0.25) is 4.79 Å². The van der Waals surface area contributed by atoms with E-state index in [0.29, 0.717) is 39.3 Å². The molecule has 0 aliphatic carbocycles. The van der Waals surface area contributed by atoms with Gasteiger partial charge in [-0.05, 0) is 31.9 Å². The molecule has 1 aromatic rings. The van der Waals surface area contributed by atoms with E-state index in [4.69, 9.17) is 9.47 Å². The van der Waals surface area contributed by atoms with Crippen LogP contribution in [0.25, 0.3) is 0 Å². The molecule has 1 fully saturated rings. The summed E-state index contributed by atoms with van der Waals surface area (Å²) in [6, 6.07) is 5.60. The standard InChI is InChI=1S/C17H26N2O4/c1-3-22-6-7-23-16-8-12(2)4-5-13(16)10-19-17(21)15-9-14(20)11-18-15/h4-5,8,14-15,18,20H,3,6-7,9-11H2,1-2H3,(H,19,21). The topological polar surface area (TPSA) is 79.8 Å². The Morgan fingerprint density at radius 1 is 1.43 bits per heavy atom. The Morgan fingerprint density at radius 3 is 2.96 bits per heavy atom. The fourth-order valence-electron chi connectivity index (χ4n) is 2.52. The monoisotopic (exact) mass is 322 g/mol. The van der Waals surface area contributed by atoms with Crippen LogP contribution in [0.5, 0.6) is 5.75 Å². The lowest BCUT2D eigenvalue weighted by molar-refractivity contribution is -0.123. The van der Waals surface area contributed by atoms with E-state index in [1.54, 1.807) is 0 Å². The van der Waals surface area contributed by atoms with Crippen LogP contribution in [0.3, 0.4) is 0 Å². The van der Waals surface area contributed by atoms with Crippen LogP contribution in [0.15, 0.2) is 18.2 Å². The molecule has 1 aliphatic rings. The SMILES string of the molecule is CCOCCOc1cc(C)ccc1CNC(=O)C1CC(O)CN1. The van der Waals surface area contributed by atoms with Crippen molar-refractivity contribution in [1.29, 1.82) is 0 Å². The molecule has 0 aromatic heterocycles. The van der Waals surface area contributed by atoms with Gasteiger partial charge in [0.15, 0.2) is 0 Å². The average Bonchev–Trinajstić information content (AvgIpc) is 2.97. The van der Waals surface area contributed by atoms with Crippen molar-refractivity contribution in [1.82, 2.24) is 10.6 Å². The highest BCUT2D eigenvalue weighted by Gasteiger charge is 2.27. The number of hydrogen-bond acceptors (Lipinski definition) is 5. The van der Waals surface area contributed by atoms with Gasteiger partial charge >= 0.3 is 0 Å². The summed E-state index contributed by atoms with van der Waals surface area (Å²) in [4.78, 5) is 12.1. The normalized spacial score (nSPS) is 20.5. The highest BCUT2D eigenvalue weighted by Crippen LogP contribution is 2.20. The Labute approximate surface area is 137 Å². The number of β-amino-alcohol motifs (C(OH)–C–C–N with tert-alkyl or cyclic N) is 1. The van der Waals surface area contributed by atoms with E-state index in [9.17, 15) is 9.90 Å². The Morgan fingerprint density at radius 2 is 2.26 bits per heavy atom. The van der Waals surface area contributed by atoms with Crippen molar-refractivity contribution < 1.29 is 19.4 Å². The van der Waals surface area contributed by atoms with Gasteiger partial charge in [-0.25, -0.2) is 0 Å². The maximum atomic E-state index is 12.1. The molecule has 0 saturated carbocycles. The first-order valence-corrected chi connectivity index (χ1v) is 8.09. The fraction of sp³-hybridized carbons (Fsp3) is 0.588. The molecule has 0 radical (unpaired) electrons. The Balaban J connectivity index is 1.89. The highest BCUT2D eigenvalue weighted by molar-refractivity contribution is 5.82. The first-order valence-electron chi connectivity index (χ1n) is 8.09. The Kier molecular flexibility index (Phi) is 6.83. The van der Waals surface area contributed by atoms with Crippen LogP contribution in [0.1, 0.15) is 24.5 Å². The lowest BCUT2D eigenvalue weighted by atomic mass is 10.1. The smallest absolute Gasteiger partial charge is 0.237 e. The first-order chi connectivity index (χ1) is 11.1. The summed E-state index contributed by atoms with van der Waals surface area (Å²) in [6.07, 6.45) is 0.0137. The summed E-state index contributed by atoms with van der Waals surface area (Å²) < 4.78 is 11.0. The minimum absolute atomic E-state index is 0.0950. The molecule has 128 valence electrons. The van der Waals surface area contributed by atoms with Gasteiger partial charge in [-0.2, -0.15) is 0 Å². The van der Waals surface area contributed by atoms with Crippen molar-refractivity contribution in [3.8, 4) is 5.75 Å². The van der Waals surface area contributed by atoms with Gasteiger partial charge < -0.3 is 25.2 Å². The Hall–Kier alpha value is -1.63. The van der Waals surface area contributed by atoms with E-state index in [2.05, 4.69) is 10.6 Å². The molecule has 1 heterocycles. The van der Waals surface area contributed by atoms with Crippen molar-refractivity contribution in [2.75, 3.05) is 26.4 Å². The molecular formula is C17H26N2O4. The second-order valence-electron chi connectivity index (χ2n) is 5.72. The number of hydrogen-bond donors (Lipinski definition) is 3. The molecule has 2 unspecified atom stereocenters. The number of benzene rings is 1. The maximum absolute atomic E-state index is 12.1. The van der Waals surface area contributed by atoms with Crippen LogP contribution >= 0.6 is 0 Å². The van der Waals surface area contributed by atoms with Crippen molar-refractivity contribution in [2.24, 2.45) is 0 Å². The van der Waals surface area contributed by atoms with Crippen LogP contribution in [0.2, 0.25) is 0 Å². The summed E-state index contributed by atoms with van der Waals surface area (Å²) in [5, 5.41) is 15.4. The summed E-state index contributed by atoms with van der Waals surface area (Å²) in [5.41, 5.74) is 2.03. The average molecular weight is 322 g/mol. The minimum atomic E-state index is -0.442. The predicted octanol–water partition coefficient (Wildman–Crippen LogP) is 0.749. The van der Waals surface area contributed by atoms with Crippen LogP contribution in [0.4, 0.5) is 0 Å². The van der Waals surface area contributed by atoms with E-state index >= 15 is 0 Å². The number of amides is 1. The van der Waals surface area contributed by atoms with Gasteiger partial charge in [-0.1, -0.05) is 12.1 Å². The van der Waals surface area contributed by atoms with E-state index in [1.807, 2.05) is 32.0 Å². The lowest BCUT2D eigenvalue weighted by Gasteiger charge is -2.15. The van der Waals surface area contributed by atoms with Crippen molar-refractivity contribution in [2.45, 2.75) is 39.0 Å². The molecular weight excluding hydrogens is 296 g/mol. The fourth-order valence-corrected chi connectivity index (χ4v) is 2.52. The van der Waals surface area contributed by atoms with Gasteiger partial charge in [0.1, 0.15) is 12.4 Å². The zero-order valence-electron chi connectivity index (χ0n) is 13.8. The number of aliphatic hydroxyl groups is 1. The molecule has 1 aromatic carbocycles. The predicted molar refractivity (Wildman–Crippen MR) is 87.4 cm³/mol. The van der Waals surface area contributed by atoms with Crippen LogP contribution in [-0.2, 0) is 16.1 Å². The Bertz CT molecular complexity index is 521. The van der Waals surface area contributed by atoms with Gasteiger partial charge in [-0.15, -0.1) is 0 Å². The third-order valence-electron chi connectivity index (χ3n) is 3.79. The van der Waals surface area contributed by atoms with E-state index in [1.165, 1.54) is 0 Å². The first kappa shape index (κ1) is 17.7. The largest absolute Gasteiger partial charge is 0.491 e. The molecule has 6 nitrogen and oxygen atoms in total. The third kappa shape index (κ3) is 5.49. The molecule has 2 rings (SSSR count). The number of carbonyl (C=O) groups excluding carboxylic acids is 1. The maximum Gasteiger partial charge on any atom is 0.237 e. The second-order valence-corrected chi connectivity index (χ2v) is 5.72. The quantitative estimate of drug-likeness (QED) is 0.616. The van der Waals surface area contributed by atoms with Crippen molar-refractivity contribution in [3.63, 3.8) is 0 Å². The molecule has 1 saturated heterocycles. The van der Waals surface area contributed by atoms with Gasteiger partial charge in [0, 0.05) is 25.3 Å². The van der Waals surface area contributed by atoms with E-state index in [0.717, 1.165) is 16.9 Å². The number of carbonyl (C=O) groups is 1. The highest BCUT2D eigenvalue weighted by atomic mass is 16.5. The van der Waals surface area contributed by atoms with Crippen LogP contribution in [0, 0.1) is 6.92 Å². The third-order valence-corrected chi connectivity index (χ3v) is 3.79. The minimum Gasteiger partial charge on any atom is -0.491 e. The molecule has 1 aliphatic heterocycles. The lowest BCUT2D eigenvalue weighted by Crippen LogP contribution is -2.40. The number of nitrogens with one attached hydrogen (secondary N) is 2. The summed E-state index contributed by atoms with van der Waals surface area (Å²) in [6.45, 7) is 6.50. The molecule has 2 atom stereocenters. The summed E-state index contributed by atoms with van der Waals surface area (Å²) >= 11 is 0. The summed E-state index contributed by atoms with van der Waals surface area (Å²) in [5.74, 6) is 0.673. The zero-order valence-corrected chi connectivity index (χ0v) is 13.8. The molecule has 0 bridgehead atoms. The van der Waals surface area contributed by atoms with Gasteiger partial charge in [0.25, 0.3) is 0 Å². The molecule has 0 spiro atoms. The van der Waals surface area contributed by atoms with Crippen molar-refractivity contribution >= 4 is 5.91 Å². The second kappa shape index (κ2) is 8.86. The molecule has 1 amide bonds. The number of aryl methyl sites for hydroxylation is 1. The summed E-state index contributed by atoms with van der Waals surface area (Å²) in [7, 11) is 0. The van der Waals surface area contributed by atoms with Crippen LogP contribution in [-0.4, -0.2) is 49.5 Å². The van der Waals surface area contributed by atoms with Crippen LogP contribution < -0.4 is 15.4 Å². The molecule has 6 heteroatoms. The van der Waals surface area contributed by atoms with E-state index in [-0.39, 0.29) is 11.9 Å². The number of aliphatic hydroxyl groups excluding tert-OH is 1. The molecule has 3 N–H and O–H groups in total. The van der Waals surface area contributed by atoms with Gasteiger partial charge in [0.2, 0.25) is 5.91 Å². The number of rotatable bonds is 8. The molecule has 23 heavy (non-hydrogen) atoms. The number of ether oxygens (including phenoxy) is 2. The van der Waals surface area contributed by atoms with Crippen molar-refractivity contribution in [3.05, 3.63) is 29.3 Å². The van der Waals surface area contributed by atoms with E-state index < -0.39 is 6.10 Å². The zero-order chi connectivity index (χ0) is 16.7.